The van der Waals surface area contributed by atoms with Gasteiger partial charge in [0.1, 0.15) is 12.4 Å². The number of benzene rings is 1. The molecule has 0 heterocycles. The lowest BCUT2D eigenvalue weighted by molar-refractivity contribution is 0.363. The van der Waals surface area contributed by atoms with E-state index in [-0.39, 0.29) is 6.04 Å². The predicted molar refractivity (Wildman–Crippen MR) is 58.1 cm³/mol. The number of hydrogen-bond donors (Lipinski definition) is 2. The molecule has 0 bridgehead atoms. The van der Waals surface area contributed by atoms with Gasteiger partial charge in [-0.3, -0.25) is 0 Å². The van der Waals surface area contributed by atoms with Crippen molar-refractivity contribution in [3.05, 3.63) is 42.5 Å². The van der Waals surface area contributed by atoms with Gasteiger partial charge in [0.05, 0.1) is 0 Å². The molecule has 0 amide bonds. The Hall–Kier alpha value is -1.32. The minimum atomic E-state index is -0.0940. The van der Waals surface area contributed by atoms with Crippen molar-refractivity contribution in [2.75, 3.05) is 13.2 Å². The molecular formula is C11H16N2O. The summed E-state index contributed by atoms with van der Waals surface area (Å²) < 4.78 is 5.33. The molecule has 3 heteroatoms. The van der Waals surface area contributed by atoms with Gasteiger partial charge < -0.3 is 16.2 Å². The van der Waals surface area contributed by atoms with E-state index in [1.165, 1.54) is 0 Å². The van der Waals surface area contributed by atoms with E-state index in [0.717, 1.165) is 11.3 Å². The van der Waals surface area contributed by atoms with E-state index < -0.39 is 0 Å². The van der Waals surface area contributed by atoms with Crippen LogP contribution >= 0.6 is 0 Å². The molecule has 76 valence electrons. The Morgan fingerprint density at radius 3 is 2.50 bits per heavy atom. The van der Waals surface area contributed by atoms with Gasteiger partial charge in [-0.1, -0.05) is 24.8 Å². The quantitative estimate of drug-likeness (QED) is 0.689. The Kier molecular flexibility index (Phi) is 4.16. The molecule has 4 N–H and O–H groups in total. The van der Waals surface area contributed by atoms with Crippen molar-refractivity contribution < 1.29 is 4.74 Å². The predicted octanol–water partition coefficient (Wildman–Crippen LogP) is 1.21. The Labute approximate surface area is 84.4 Å². The zero-order chi connectivity index (χ0) is 10.4. The number of rotatable bonds is 5. The number of nitrogens with two attached hydrogens (primary N) is 2. The van der Waals surface area contributed by atoms with Crippen LogP contribution in [0.25, 0.3) is 0 Å². The van der Waals surface area contributed by atoms with E-state index in [2.05, 4.69) is 6.58 Å². The molecular weight excluding hydrogens is 176 g/mol. The minimum Gasteiger partial charge on any atom is -0.490 e. The molecule has 0 radical (unpaired) electrons. The fourth-order valence-electron chi connectivity index (χ4n) is 1.10. The summed E-state index contributed by atoms with van der Waals surface area (Å²) in [5.74, 6) is 0.817. The van der Waals surface area contributed by atoms with Crippen LogP contribution < -0.4 is 16.2 Å². The van der Waals surface area contributed by atoms with Crippen LogP contribution in [0.1, 0.15) is 11.6 Å². The lowest BCUT2D eigenvalue weighted by Gasteiger charge is -2.09. The minimum absolute atomic E-state index is 0.0940. The van der Waals surface area contributed by atoms with Gasteiger partial charge in [0.15, 0.2) is 0 Å². The molecule has 1 rings (SSSR count). The summed E-state index contributed by atoms with van der Waals surface area (Å²) in [6.45, 7) is 4.54. The SMILES string of the molecule is C=CCOc1ccc([C@@H](N)CN)cc1. The van der Waals surface area contributed by atoms with Crippen molar-refractivity contribution in [1.29, 1.82) is 0 Å². The summed E-state index contributed by atoms with van der Waals surface area (Å²) in [7, 11) is 0. The Balaban J connectivity index is 2.63. The van der Waals surface area contributed by atoms with Gasteiger partial charge in [-0.25, -0.2) is 0 Å². The first kappa shape index (κ1) is 10.8. The van der Waals surface area contributed by atoms with Crippen LogP contribution in [0, 0.1) is 0 Å². The van der Waals surface area contributed by atoms with Gasteiger partial charge in [0, 0.05) is 12.6 Å². The number of ether oxygens (including phenoxy) is 1. The molecule has 3 nitrogen and oxygen atoms in total. The third-order valence-corrected chi connectivity index (χ3v) is 1.93. The lowest BCUT2D eigenvalue weighted by Crippen LogP contribution is -2.20. The Morgan fingerprint density at radius 2 is 2.00 bits per heavy atom. The average Bonchev–Trinajstić information content (AvgIpc) is 2.26. The second kappa shape index (κ2) is 5.42. The third-order valence-electron chi connectivity index (χ3n) is 1.93. The molecule has 0 aliphatic carbocycles. The van der Waals surface area contributed by atoms with Crippen molar-refractivity contribution in [1.82, 2.24) is 0 Å². The smallest absolute Gasteiger partial charge is 0.119 e. The maximum Gasteiger partial charge on any atom is 0.119 e. The van der Waals surface area contributed by atoms with E-state index in [1.807, 2.05) is 24.3 Å². The van der Waals surface area contributed by atoms with Crippen LogP contribution in [-0.4, -0.2) is 13.2 Å². The van der Waals surface area contributed by atoms with Crippen molar-refractivity contribution in [3.63, 3.8) is 0 Å². The van der Waals surface area contributed by atoms with Gasteiger partial charge in [0.25, 0.3) is 0 Å². The summed E-state index contributed by atoms with van der Waals surface area (Å²) in [6, 6.07) is 7.53. The molecule has 1 aromatic carbocycles. The summed E-state index contributed by atoms with van der Waals surface area (Å²) >= 11 is 0. The standard InChI is InChI=1S/C11H16N2O/c1-2-7-14-10-5-3-9(4-6-10)11(13)8-12/h2-6,11H,1,7-8,12-13H2/t11-/m0/s1. The summed E-state index contributed by atoms with van der Waals surface area (Å²) in [5, 5.41) is 0. The molecule has 1 aromatic rings. The maximum atomic E-state index is 5.76. The van der Waals surface area contributed by atoms with Gasteiger partial charge in [-0.15, -0.1) is 0 Å². The lowest BCUT2D eigenvalue weighted by atomic mass is 10.1. The third kappa shape index (κ3) is 2.87. The van der Waals surface area contributed by atoms with Crippen molar-refractivity contribution >= 4 is 0 Å². The summed E-state index contributed by atoms with van der Waals surface area (Å²) in [5.41, 5.74) is 12.2. The first-order valence-corrected chi connectivity index (χ1v) is 4.57. The molecule has 0 spiro atoms. The zero-order valence-corrected chi connectivity index (χ0v) is 8.15. The highest BCUT2D eigenvalue weighted by atomic mass is 16.5. The maximum absolute atomic E-state index is 5.76. The molecule has 0 aliphatic rings. The summed E-state index contributed by atoms with van der Waals surface area (Å²) in [6.07, 6.45) is 1.71. The largest absolute Gasteiger partial charge is 0.490 e. The first-order valence-electron chi connectivity index (χ1n) is 4.57. The van der Waals surface area contributed by atoms with E-state index in [4.69, 9.17) is 16.2 Å². The molecule has 0 saturated heterocycles. The van der Waals surface area contributed by atoms with Gasteiger partial charge in [-0.05, 0) is 17.7 Å². The monoisotopic (exact) mass is 192 g/mol. The van der Waals surface area contributed by atoms with Crippen LogP contribution in [-0.2, 0) is 0 Å². The van der Waals surface area contributed by atoms with E-state index in [1.54, 1.807) is 6.08 Å². The number of hydrogen-bond acceptors (Lipinski definition) is 3. The van der Waals surface area contributed by atoms with Crippen LogP contribution in [0.4, 0.5) is 0 Å². The highest BCUT2D eigenvalue weighted by molar-refractivity contribution is 5.29. The second-order valence-electron chi connectivity index (χ2n) is 3.01. The van der Waals surface area contributed by atoms with Gasteiger partial charge in [0.2, 0.25) is 0 Å². The molecule has 1 atom stereocenters. The van der Waals surface area contributed by atoms with Crippen molar-refractivity contribution in [3.8, 4) is 5.75 Å². The molecule has 14 heavy (non-hydrogen) atoms. The molecule has 0 aromatic heterocycles. The van der Waals surface area contributed by atoms with Crippen LogP contribution in [0.2, 0.25) is 0 Å². The van der Waals surface area contributed by atoms with Gasteiger partial charge in [-0.2, -0.15) is 0 Å². The normalized spacial score (nSPS) is 12.1. The molecule has 0 fully saturated rings. The van der Waals surface area contributed by atoms with Crippen LogP contribution in [0.15, 0.2) is 36.9 Å². The fraction of sp³-hybridized carbons (Fsp3) is 0.273. The summed E-state index contributed by atoms with van der Waals surface area (Å²) in [4.78, 5) is 0. The molecule has 0 saturated carbocycles. The highest BCUT2D eigenvalue weighted by Gasteiger charge is 2.02. The zero-order valence-electron chi connectivity index (χ0n) is 8.15. The van der Waals surface area contributed by atoms with Gasteiger partial charge >= 0.3 is 0 Å². The Morgan fingerprint density at radius 1 is 1.36 bits per heavy atom. The van der Waals surface area contributed by atoms with Crippen LogP contribution in [0.3, 0.4) is 0 Å². The second-order valence-corrected chi connectivity index (χ2v) is 3.01. The van der Waals surface area contributed by atoms with Crippen LogP contribution in [0.5, 0.6) is 5.75 Å². The first-order chi connectivity index (χ1) is 6.77. The van der Waals surface area contributed by atoms with E-state index in [9.17, 15) is 0 Å². The molecule has 0 unspecified atom stereocenters. The highest BCUT2D eigenvalue weighted by Crippen LogP contribution is 2.15. The average molecular weight is 192 g/mol. The van der Waals surface area contributed by atoms with Crippen molar-refractivity contribution in [2.24, 2.45) is 11.5 Å². The molecule has 0 aliphatic heterocycles. The topological polar surface area (TPSA) is 61.3 Å². The van der Waals surface area contributed by atoms with E-state index >= 15 is 0 Å². The van der Waals surface area contributed by atoms with E-state index in [0.29, 0.717) is 13.2 Å². The fourth-order valence-corrected chi connectivity index (χ4v) is 1.10. The Bertz CT molecular complexity index is 282. The van der Waals surface area contributed by atoms with Crippen molar-refractivity contribution in [2.45, 2.75) is 6.04 Å².